The molecule has 158 valence electrons. The highest BCUT2D eigenvalue weighted by molar-refractivity contribution is 4.87. The van der Waals surface area contributed by atoms with Gasteiger partial charge in [0, 0.05) is 0 Å². The molecular formula is C25H44F2. The van der Waals surface area contributed by atoms with Crippen LogP contribution in [0.5, 0.6) is 0 Å². The maximum absolute atomic E-state index is 12.2. The number of unbranched alkanes of at least 4 members (excludes halogenated alkanes) is 7. The third-order valence-electron chi connectivity index (χ3n) is 7.52. The van der Waals surface area contributed by atoms with Crippen molar-refractivity contribution in [3.8, 4) is 0 Å². The van der Waals surface area contributed by atoms with Crippen molar-refractivity contribution in [1.29, 1.82) is 0 Å². The highest BCUT2D eigenvalue weighted by atomic mass is 19.3. The summed E-state index contributed by atoms with van der Waals surface area (Å²) in [6.45, 7) is 2.29. The molecule has 0 aromatic rings. The Morgan fingerprint density at radius 1 is 0.667 bits per heavy atom. The van der Waals surface area contributed by atoms with Gasteiger partial charge in [-0.25, -0.2) is 0 Å². The molecule has 0 aromatic heterocycles. The van der Waals surface area contributed by atoms with Crippen LogP contribution in [0.1, 0.15) is 122 Å². The molecule has 2 rings (SSSR count). The van der Waals surface area contributed by atoms with E-state index in [9.17, 15) is 8.78 Å². The van der Waals surface area contributed by atoms with Gasteiger partial charge in [-0.2, -0.15) is 8.78 Å². The van der Waals surface area contributed by atoms with Gasteiger partial charge in [0.2, 0.25) is 0 Å². The largest absolute Gasteiger partial charge is 0.266 e. The van der Waals surface area contributed by atoms with Gasteiger partial charge in [-0.1, -0.05) is 77.6 Å². The number of halogens is 2. The lowest BCUT2D eigenvalue weighted by molar-refractivity contribution is 0.143. The summed E-state index contributed by atoms with van der Waals surface area (Å²) in [6.07, 6.45) is 23.9. The molecule has 0 amide bonds. The number of allylic oxidation sites excluding steroid dienone is 1. The molecule has 0 bridgehead atoms. The highest BCUT2D eigenvalue weighted by Gasteiger charge is 2.30. The minimum atomic E-state index is -1.49. The molecule has 27 heavy (non-hydrogen) atoms. The van der Waals surface area contributed by atoms with Crippen molar-refractivity contribution in [3.63, 3.8) is 0 Å². The monoisotopic (exact) mass is 382 g/mol. The molecule has 0 heterocycles. The Balaban J connectivity index is 1.49. The van der Waals surface area contributed by atoms with Crippen molar-refractivity contribution in [2.45, 2.75) is 122 Å². The van der Waals surface area contributed by atoms with Crippen LogP contribution >= 0.6 is 0 Å². The van der Waals surface area contributed by atoms with Crippen molar-refractivity contribution in [3.05, 3.63) is 12.2 Å². The molecule has 0 saturated heterocycles. The Hall–Kier alpha value is -0.400. The Kier molecular flexibility index (Phi) is 11.6. The van der Waals surface area contributed by atoms with E-state index in [2.05, 4.69) is 6.92 Å². The summed E-state index contributed by atoms with van der Waals surface area (Å²) >= 11 is 0. The Morgan fingerprint density at radius 2 is 1.15 bits per heavy atom. The standard InChI is InChI=1S/C25H44F2/c1-2-3-4-5-6-7-8-9-10-21-11-16-23(17-12-21)24-18-13-22(14-19-24)15-20-25(26)27/h20-24H,2-19H2,1H3. The van der Waals surface area contributed by atoms with Crippen molar-refractivity contribution in [2.24, 2.45) is 23.7 Å². The fourth-order valence-electron chi connectivity index (χ4n) is 5.67. The van der Waals surface area contributed by atoms with E-state index in [1.165, 1.54) is 109 Å². The first-order valence-electron chi connectivity index (χ1n) is 12.2. The van der Waals surface area contributed by atoms with Gasteiger partial charge in [-0.3, -0.25) is 0 Å². The molecule has 0 radical (unpaired) electrons. The zero-order valence-electron chi connectivity index (χ0n) is 17.9. The molecule has 0 aliphatic heterocycles. The first-order valence-corrected chi connectivity index (χ1v) is 12.2. The summed E-state index contributed by atoms with van der Waals surface area (Å²) in [4.78, 5) is 0. The van der Waals surface area contributed by atoms with E-state index in [1.54, 1.807) is 0 Å². The van der Waals surface area contributed by atoms with E-state index < -0.39 is 6.08 Å². The van der Waals surface area contributed by atoms with Gasteiger partial charge in [-0.05, 0) is 74.7 Å². The third-order valence-corrected chi connectivity index (χ3v) is 7.52. The quantitative estimate of drug-likeness (QED) is 0.295. The van der Waals surface area contributed by atoms with Crippen molar-refractivity contribution >= 4 is 0 Å². The smallest absolute Gasteiger partial charge is 0.174 e. The van der Waals surface area contributed by atoms with Gasteiger partial charge >= 0.3 is 0 Å². The van der Waals surface area contributed by atoms with Gasteiger partial charge in [0.25, 0.3) is 6.08 Å². The van der Waals surface area contributed by atoms with Crippen LogP contribution in [0.25, 0.3) is 0 Å². The number of hydrogen-bond acceptors (Lipinski definition) is 0. The molecule has 0 nitrogen and oxygen atoms in total. The van der Waals surface area contributed by atoms with Crippen molar-refractivity contribution in [1.82, 2.24) is 0 Å². The second-order valence-electron chi connectivity index (χ2n) is 9.55. The predicted octanol–water partition coefficient (Wildman–Crippen LogP) is 9.30. The van der Waals surface area contributed by atoms with Crippen molar-refractivity contribution in [2.75, 3.05) is 0 Å². The first-order chi connectivity index (χ1) is 13.2. The minimum absolute atomic E-state index is 0.515. The average Bonchev–Trinajstić information content (AvgIpc) is 2.69. The number of hydrogen-bond donors (Lipinski definition) is 0. The van der Waals surface area contributed by atoms with Crippen molar-refractivity contribution < 1.29 is 8.78 Å². The van der Waals surface area contributed by atoms with Gasteiger partial charge in [0.05, 0.1) is 0 Å². The molecular weight excluding hydrogens is 338 g/mol. The second kappa shape index (κ2) is 13.7. The second-order valence-corrected chi connectivity index (χ2v) is 9.55. The van der Waals surface area contributed by atoms with Gasteiger partial charge < -0.3 is 0 Å². The minimum Gasteiger partial charge on any atom is -0.174 e. The fourth-order valence-corrected chi connectivity index (χ4v) is 5.67. The summed E-state index contributed by atoms with van der Waals surface area (Å²) < 4.78 is 24.5. The molecule has 2 aliphatic rings. The molecule has 0 atom stereocenters. The Bertz CT molecular complexity index is 383. The molecule has 2 saturated carbocycles. The summed E-state index contributed by atoms with van der Waals surface area (Å²) in [5, 5.41) is 0. The van der Waals surface area contributed by atoms with Crippen LogP contribution < -0.4 is 0 Å². The molecule has 0 N–H and O–H groups in total. The summed E-state index contributed by atoms with van der Waals surface area (Å²) in [5.41, 5.74) is 0. The maximum Gasteiger partial charge on any atom is 0.266 e. The van der Waals surface area contributed by atoms with Crippen LogP contribution in [-0.2, 0) is 0 Å². The zero-order chi connectivity index (χ0) is 19.3. The molecule has 2 heteroatoms. The lowest BCUT2D eigenvalue weighted by atomic mass is 9.68. The van der Waals surface area contributed by atoms with E-state index in [-0.39, 0.29) is 0 Å². The van der Waals surface area contributed by atoms with Crippen LogP contribution in [0, 0.1) is 23.7 Å². The molecule has 2 fully saturated rings. The van der Waals surface area contributed by atoms with Gasteiger partial charge in [0.1, 0.15) is 0 Å². The van der Waals surface area contributed by atoms with Crippen LogP contribution in [0.2, 0.25) is 0 Å². The molecule has 2 aliphatic carbocycles. The molecule has 0 unspecified atom stereocenters. The predicted molar refractivity (Wildman–Crippen MR) is 113 cm³/mol. The van der Waals surface area contributed by atoms with Crippen LogP contribution in [0.4, 0.5) is 8.78 Å². The topological polar surface area (TPSA) is 0 Å². The lowest BCUT2D eigenvalue weighted by Crippen LogP contribution is -2.25. The Morgan fingerprint density at radius 3 is 1.67 bits per heavy atom. The average molecular weight is 383 g/mol. The fraction of sp³-hybridized carbons (Fsp3) is 0.920. The van der Waals surface area contributed by atoms with Crippen LogP contribution in [0.15, 0.2) is 12.2 Å². The third kappa shape index (κ3) is 9.57. The van der Waals surface area contributed by atoms with Crippen LogP contribution in [-0.4, -0.2) is 0 Å². The molecule has 0 spiro atoms. The van der Waals surface area contributed by atoms with Crippen LogP contribution in [0.3, 0.4) is 0 Å². The summed E-state index contributed by atoms with van der Waals surface area (Å²) in [5.74, 6) is 3.34. The van der Waals surface area contributed by atoms with E-state index in [0.717, 1.165) is 23.8 Å². The van der Waals surface area contributed by atoms with E-state index >= 15 is 0 Å². The Labute approximate surface area is 167 Å². The number of rotatable bonds is 12. The van der Waals surface area contributed by atoms with E-state index in [4.69, 9.17) is 0 Å². The highest BCUT2D eigenvalue weighted by Crippen LogP contribution is 2.43. The van der Waals surface area contributed by atoms with E-state index in [0.29, 0.717) is 12.3 Å². The SMILES string of the molecule is CCCCCCCCCCC1CCC(C2CCC(CC=C(F)F)CC2)CC1. The van der Waals surface area contributed by atoms with Gasteiger partial charge in [0.15, 0.2) is 0 Å². The summed E-state index contributed by atoms with van der Waals surface area (Å²) in [6, 6.07) is 0. The maximum atomic E-state index is 12.2. The lowest BCUT2D eigenvalue weighted by Gasteiger charge is -2.37. The van der Waals surface area contributed by atoms with Gasteiger partial charge in [-0.15, -0.1) is 0 Å². The van der Waals surface area contributed by atoms with E-state index in [1.807, 2.05) is 0 Å². The zero-order valence-corrected chi connectivity index (χ0v) is 17.9. The normalized spacial score (nSPS) is 28.9. The first kappa shape index (κ1) is 22.9. The summed E-state index contributed by atoms with van der Waals surface area (Å²) in [7, 11) is 0. The molecule has 0 aromatic carbocycles.